The number of benzene rings is 2. The second kappa shape index (κ2) is 11.4. The quantitative estimate of drug-likeness (QED) is 0.361. The van der Waals surface area contributed by atoms with Crippen molar-refractivity contribution in [2.24, 2.45) is 0 Å². The lowest BCUT2D eigenvalue weighted by atomic mass is 10.1. The van der Waals surface area contributed by atoms with Crippen LogP contribution in [-0.2, 0) is 27.3 Å². The Morgan fingerprint density at radius 3 is 2.47 bits per heavy atom. The minimum atomic E-state index is -1.02. The highest BCUT2D eigenvalue weighted by atomic mass is 16.5. The van der Waals surface area contributed by atoms with Gasteiger partial charge >= 0.3 is 5.97 Å². The fourth-order valence-corrected chi connectivity index (χ4v) is 3.51. The summed E-state index contributed by atoms with van der Waals surface area (Å²) in [7, 11) is 0. The van der Waals surface area contributed by atoms with Crippen LogP contribution in [0, 0.1) is 0 Å². The van der Waals surface area contributed by atoms with Crippen LogP contribution >= 0.6 is 0 Å². The van der Waals surface area contributed by atoms with Gasteiger partial charge in [-0.05, 0) is 56.7 Å². The highest BCUT2D eigenvalue weighted by Gasteiger charge is 2.19. The number of unbranched alkanes of at least 4 members (excludes halogenated alkanes) is 1. The summed E-state index contributed by atoms with van der Waals surface area (Å²) in [5, 5.41) is 2.65. The maximum atomic E-state index is 13.0. The number of esters is 1. The van der Waals surface area contributed by atoms with Crippen molar-refractivity contribution in [1.29, 1.82) is 0 Å². The standard InChI is InChI=1S/C26H29N3O5/c1-4-5-16-29-23-9-7-6-8-21(23)28-22(26(29)33)14-15-24(31)34-18(3)25(32)27-20-12-10-19(11-13-20)17(2)30/h6-13,18H,4-5,14-16H2,1-3H3,(H,27,32). The van der Waals surface area contributed by atoms with Crippen molar-refractivity contribution in [3.63, 3.8) is 0 Å². The molecule has 1 aromatic heterocycles. The molecule has 8 nitrogen and oxygen atoms in total. The number of nitrogens with one attached hydrogen (secondary N) is 1. The number of rotatable bonds is 10. The van der Waals surface area contributed by atoms with E-state index < -0.39 is 18.0 Å². The molecule has 34 heavy (non-hydrogen) atoms. The Bertz CT molecular complexity index is 1250. The number of para-hydroxylation sites is 2. The van der Waals surface area contributed by atoms with Gasteiger partial charge in [-0.15, -0.1) is 0 Å². The lowest BCUT2D eigenvalue weighted by molar-refractivity contribution is -0.153. The summed E-state index contributed by atoms with van der Waals surface area (Å²) in [4.78, 5) is 53.5. The highest BCUT2D eigenvalue weighted by molar-refractivity contribution is 5.97. The van der Waals surface area contributed by atoms with E-state index in [4.69, 9.17) is 4.74 Å². The smallest absolute Gasteiger partial charge is 0.306 e. The van der Waals surface area contributed by atoms with Gasteiger partial charge in [0.2, 0.25) is 0 Å². The summed E-state index contributed by atoms with van der Waals surface area (Å²) in [6, 6.07) is 13.9. The van der Waals surface area contributed by atoms with Crippen LogP contribution in [0.15, 0.2) is 53.3 Å². The van der Waals surface area contributed by atoms with Crippen LogP contribution in [0.1, 0.15) is 56.1 Å². The Balaban J connectivity index is 1.61. The summed E-state index contributed by atoms with van der Waals surface area (Å²) in [5.41, 5.74) is 2.59. The van der Waals surface area contributed by atoms with Gasteiger partial charge in [0.15, 0.2) is 11.9 Å². The van der Waals surface area contributed by atoms with Gasteiger partial charge in [0.05, 0.1) is 17.5 Å². The maximum Gasteiger partial charge on any atom is 0.306 e. The molecule has 0 aliphatic rings. The number of aromatic nitrogens is 2. The van der Waals surface area contributed by atoms with Crippen molar-refractivity contribution in [3.8, 4) is 0 Å². The Kier molecular flexibility index (Phi) is 8.29. The number of ketones is 1. The van der Waals surface area contributed by atoms with Gasteiger partial charge in [0.1, 0.15) is 5.69 Å². The van der Waals surface area contributed by atoms with Gasteiger partial charge in [-0.25, -0.2) is 4.98 Å². The van der Waals surface area contributed by atoms with Crippen LogP contribution < -0.4 is 10.9 Å². The molecule has 3 rings (SSSR count). The molecule has 1 heterocycles. The van der Waals surface area contributed by atoms with Gasteiger partial charge in [-0.1, -0.05) is 25.5 Å². The van der Waals surface area contributed by atoms with E-state index in [9.17, 15) is 19.2 Å². The number of hydrogen-bond acceptors (Lipinski definition) is 6. The number of fused-ring (bicyclic) bond motifs is 1. The summed E-state index contributed by atoms with van der Waals surface area (Å²) in [6.07, 6.45) is 0.839. The van der Waals surface area contributed by atoms with E-state index in [1.165, 1.54) is 13.8 Å². The molecule has 0 radical (unpaired) electrons. The van der Waals surface area contributed by atoms with Gasteiger partial charge in [0.25, 0.3) is 11.5 Å². The summed E-state index contributed by atoms with van der Waals surface area (Å²) in [6.45, 7) is 5.58. The van der Waals surface area contributed by atoms with Gasteiger partial charge in [-0.2, -0.15) is 0 Å². The molecule has 0 fully saturated rings. The maximum absolute atomic E-state index is 13.0. The molecule has 1 atom stereocenters. The largest absolute Gasteiger partial charge is 0.453 e. The highest BCUT2D eigenvalue weighted by Crippen LogP contribution is 2.13. The van der Waals surface area contributed by atoms with E-state index in [2.05, 4.69) is 17.2 Å². The Hall–Kier alpha value is -3.81. The summed E-state index contributed by atoms with van der Waals surface area (Å²) in [5.74, 6) is -1.16. The first-order valence-electron chi connectivity index (χ1n) is 11.4. The molecule has 0 saturated heterocycles. The van der Waals surface area contributed by atoms with Crippen LogP contribution in [-0.4, -0.2) is 33.3 Å². The molecule has 1 unspecified atom stereocenters. The number of Topliss-reactive ketones (excluding diaryl/α,β-unsaturated/α-hetero) is 1. The molecule has 3 aromatic rings. The molecule has 0 spiro atoms. The first-order valence-corrected chi connectivity index (χ1v) is 11.4. The topological polar surface area (TPSA) is 107 Å². The molecule has 8 heteroatoms. The first kappa shape index (κ1) is 24.8. The lowest BCUT2D eigenvalue weighted by Gasteiger charge is -2.14. The van der Waals surface area contributed by atoms with Crippen LogP contribution in [0.5, 0.6) is 0 Å². The van der Waals surface area contributed by atoms with Gasteiger partial charge in [-0.3, -0.25) is 19.2 Å². The molecule has 0 aliphatic carbocycles. The van der Waals surface area contributed by atoms with E-state index >= 15 is 0 Å². The fraction of sp³-hybridized carbons (Fsp3) is 0.346. The predicted molar refractivity (Wildman–Crippen MR) is 130 cm³/mol. The molecule has 0 saturated carbocycles. The molecular formula is C26H29N3O5. The van der Waals surface area contributed by atoms with Crippen molar-refractivity contribution in [2.75, 3.05) is 5.32 Å². The number of nitrogens with zero attached hydrogens (tertiary/aromatic N) is 2. The van der Waals surface area contributed by atoms with Crippen molar-refractivity contribution in [3.05, 3.63) is 70.1 Å². The number of hydrogen-bond donors (Lipinski definition) is 1. The fourth-order valence-electron chi connectivity index (χ4n) is 3.51. The third-order valence-electron chi connectivity index (χ3n) is 5.46. The lowest BCUT2D eigenvalue weighted by Crippen LogP contribution is -2.30. The zero-order valence-electron chi connectivity index (χ0n) is 19.7. The molecule has 0 aliphatic heterocycles. The third-order valence-corrected chi connectivity index (χ3v) is 5.46. The zero-order valence-corrected chi connectivity index (χ0v) is 19.7. The number of amides is 1. The Labute approximate surface area is 198 Å². The van der Waals surface area contributed by atoms with Crippen LogP contribution in [0.4, 0.5) is 5.69 Å². The minimum absolute atomic E-state index is 0.0702. The second-order valence-electron chi connectivity index (χ2n) is 8.11. The zero-order chi connectivity index (χ0) is 24.7. The third kappa shape index (κ3) is 6.15. The van der Waals surface area contributed by atoms with Crippen molar-refractivity contribution in [2.45, 2.75) is 59.1 Å². The SMILES string of the molecule is CCCCn1c(=O)c(CCC(=O)OC(C)C(=O)Nc2ccc(C(C)=O)cc2)nc2ccccc21. The Morgan fingerprint density at radius 1 is 1.09 bits per heavy atom. The summed E-state index contributed by atoms with van der Waals surface area (Å²) < 4.78 is 6.96. The average Bonchev–Trinajstić information content (AvgIpc) is 2.82. The number of carbonyl (C=O) groups excluding carboxylic acids is 3. The van der Waals surface area contributed by atoms with E-state index in [1.807, 2.05) is 24.3 Å². The minimum Gasteiger partial charge on any atom is -0.453 e. The van der Waals surface area contributed by atoms with E-state index in [0.29, 0.717) is 29.0 Å². The second-order valence-corrected chi connectivity index (χ2v) is 8.11. The monoisotopic (exact) mass is 463 g/mol. The molecule has 0 bridgehead atoms. The van der Waals surface area contributed by atoms with Gasteiger partial charge < -0.3 is 14.6 Å². The average molecular weight is 464 g/mol. The Morgan fingerprint density at radius 2 is 1.79 bits per heavy atom. The van der Waals surface area contributed by atoms with Crippen molar-refractivity contribution >= 4 is 34.4 Å². The normalized spacial score (nSPS) is 11.7. The number of carbonyl (C=O) groups is 3. The van der Waals surface area contributed by atoms with E-state index in [0.717, 1.165) is 18.4 Å². The van der Waals surface area contributed by atoms with Crippen LogP contribution in [0.3, 0.4) is 0 Å². The van der Waals surface area contributed by atoms with Gasteiger partial charge in [0, 0.05) is 24.2 Å². The van der Waals surface area contributed by atoms with Crippen LogP contribution in [0.25, 0.3) is 11.0 Å². The number of anilines is 1. The predicted octanol–water partition coefficient (Wildman–Crippen LogP) is 3.90. The van der Waals surface area contributed by atoms with Crippen molar-refractivity contribution < 1.29 is 19.1 Å². The van der Waals surface area contributed by atoms with Crippen LogP contribution in [0.2, 0.25) is 0 Å². The molecule has 2 aromatic carbocycles. The number of aryl methyl sites for hydroxylation is 2. The molecule has 178 valence electrons. The molecule has 1 amide bonds. The van der Waals surface area contributed by atoms with E-state index in [-0.39, 0.29) is 24.2 Å². The number of ether oxygens (including phenoxy) is 1. The molecular weight excluding hydrogens is 434 g/mol. The summed E-state index contributed by atoms with van der Waals surface area (Å²) >= 11 is 0. The van der Waals surface area contributed by atoms with E-state index in [1.54, 1.807) is 28.8 Å². The molecule has 1 N–H and O–H groups in total. The van der Waals surface area contributed by atoms with Crippen molar-refractivity contribution in [1.82, 2.24) is 9.55 Å². The first-order chi connectivity index (χ1) is 16.3.